The number of sulfonamides is 1. The molecule has 2 atom stereocenters. The third-order valence-corrected chi connectivity index (χ3v) is 7.94. The van der Waals surface area contributed by atoms with E-state index in [0.717, 1.165) is 22.2 Å². The van der Waals surface area contributed by atoms with Crippen LogP contribution in [0.3, 0.4) is 0 Å². The minimum absolute atomic E-state index is 0.0323. The molecule has 1 fully saturated rings. The van der Waals surface area contributed by atoms with Crippen molar-refractivity contribution in [1.82, 2.24) is 4.31 Å². The van der Waals surface area contributed by atoms with Crippen molar-refractivity contribution in [2.45, 2.75) is 17.2 Å². The topological polar surface area (TPSA) is 89.8 Å². The molecule has 0 saturated carbocycles. The maximum atomic E-state index is 13.5. The van der Waals surface area contributed by atoms with Crippen LogP contribution < -0.4 is 0 Å². The Kier molecular flexibility index (Phi) is 6.58. The lowest BCUT2D eigenvalue weighted by Crippen LogP contribution is -2.31. The molecule has 0 aromatic heterocycles. The van der Waals surface area contributed by atoms with Gasteiger partial charge in [-0.2, -0.15) is 4.31 Å². The van der Waals surface area contributed by atoms with Crippen molar-refractivity contribution in [1.29, 1.82) is 0 Å². The fourth-order valence-electron chi connectivity index (χ4n) is 3.42. The van der Waals surface area contributed by atoms with Crippen molar-refractivity contribution in [2.75, 3.05) is 6.54 Å². The molecular weight excluding hydrogens is 543 g/mol. The summed E-state index contributed by atoms with van der Waals surface area (Å²) < 4.78 is 35.3. The third-order valence-electron chi connectivity index (χ3n) is 5.02. The van der Waals surface area contributed by atoms with Crippen LogP contribution in [0, 0.1) is 10.1 Å². The molecule has 0 unspecified atom stereocenters. The van der Waals surface area contributed by atoms with Crippen molar-refractivity contribution in [3.05, 3.63) is 102 Å². The summed E-state index contributed by atoms with van der Waals surface area (Å²) in [5.41, 5.74) is 1.04. The van der Waals surface area contributed by atoms with Gasteiger partial charge < -0.3 is 4.74 Å². The van der Waals surface area contributed by atoms with Crippen LogP contribution in [0.25, 0.3) is 0 Å². The Labute approximate surface area is 202 Å². The minimum Gasteiger partial charge on any atom is -0.348 e. The molecule has 7 nitrogen and oxygen atoms in total. The average Bonchev–Trinajstić information content (AvgIpc) is 3.20. The summed E-state index contributed by atoms with van der Waals surface area (Å²) in [4.78, 5) is 10.3. The molecule has 1 heterocycles. The van der Waals surface area contributed by atoms with Gasteiger partial charge in [-0.3, -0.25) is 10.1 Å². The highest BCUT2D eigenvalue weighted by Crippen LogP contribution is 2.43. The number of nitro benzene ring substituents is 1. The Morgan fingerprint density at radius 1 is 1.03 bits per heavy atom. The van der Waals surface area contributed by atoms with E-state index < -0.39 is 27.3 Å². The fourth-order valence-corrected chi connectivity index (χ4v) is 5.68. The Morgan fingerprint density at radius 3 is 2.28 bits per heavy atom. The van der Waals surface area contributed by atoms with Crippen LogP contribution in [0.2, 0.25) is 10.0 Å². The first kappa shape index (κ1) is 23.2. The molecule has 0 spiro atoms. The summed E-state index contributed by atoms with van der Waals surface area (Å²) >= 11 is 15.8. The van der Waals surface area contributed by atoms with Crippen molar-refractivity contribution in [3.8, 4) is 0 Å². The van der Waals surface area contributed by atoms with E-state index in [-0.39, 0.29) is 22.2 Å². The smallest absolute Gasteiger partial charge is 0.269 e. The maximum Gasteiger partial charge on any atom is 0.269 e. The van der Waals surface area contributed by atoms with Gasteiger partial charge in [0.2, 0.25) is 10.0 Å². The van der Waals surface area contributed by atoms with Gasteiger partial charge in [-0.1, -0.05) is 57.3 Å². The minimum atomic E-state index is -4.07. The Hall–Kier alpha value is -2.01. The predicted octanol–water partition coefficient (Wildman–Crippen LogP) is 6.13. The van der Waals surface area contributed by atoms with Gasteiger partial charge in [-0.15, -0.1) is 0 Å². The summed E-state index contributed by atoms with van der Waals surface area (Å²) in [6.45, 7) is 0.0323. The van der Waals surface area contributed by atoms with Gasteiger partial charge in [0, 0.05) is 38.8 Å². The number of nitro groups is 1. The normalized spacial score (nSPS) is 19.2. The summed E-state index contributed by atoms with van der Waals surface area (Å²) in [5.74, 6) is 0. The average molecular weight is 558 g/mol. The summed E-state index contributed by atoms with van der Waals surface area (Å²) in [6.07, 6.45) is -1.55. The van der Waals surface area contributed by atoms with Crippen LogP contribution in [0.15, 0.2) is 76.1 Å². The second-order valence-corrected chi connectivity index (χ2v) is 10.7. The summed E-state index contributed by atoms with van der Waals surface area (Å²) in [5, 5.41) is 11.6. The molecule has 1 aliphatic rings. The molecule has 0 amide bonds. The lowest BCUT2D eigenvalue weighted by molar-refractivity contribution is -0.384. The molecule has 32 heavy (non-hydrogen) atoms. The number of nitrogens with zero attached hydrogens (tertiary/aromatic N) is 2. The highest BCUT2D eigenvalue weighted by atomic mass is 79.9. The second-order valence-electron chi connectivity index (χ2n) is 7.02. The molecule has 1 aliphatic heterocycles. The van der Waals surface area contributed by atoms with Gasteiger partial charge in [0.25, 0.3) is 5.69 Å². The summed E-state index contributed by atoms with van der Waals surface area (Å²) in [7, 11) is -4.07. The van der Waals surface area contributed by atoms with E-state index in [1.54, 1.807) is 12.1 Å². The molecule has 3 aromatic rings. The van der Waals surface area contributed by atoms with Crippen LogP contribution >= 0.6 is 39.1 Å². The number of benzene rings is 3. The van der Waals surface area contributed by atoms with E-state index in [1.807, 2.05) is 24.3 Å². The van der Waals surface area contributed by atoms with Gasteiger partial charge in [0.1, 0.15) is 0 Å². The van der Waals surface area contributed by atoms with Gasteiger partial charge in [-0.25, -0.2) is 8.42 Å². The van der Waals surface area contributed by atoms with Crippen molar-refractivity contribution in [2.24, 2.45) is 0 Å². The van der Waals surface area contributed by atoms with Crippen LogP contribution in [-0.4, -0.2) is 24.2 Å². The molecule has 0 aliphatic carbocycles. The number of halogens is 3. The monoisotopic (exact) mass is 556 g/mol. The Bertz CT molecular complexity index is 1270. The van der Waals surface area contributed by atoms with Gasteiger partial charge >= 0.3 is 0 Å². The molecule has 0 N–H and O–H groups in total. The molecular formula is C21H15BrCl2N2O5S. The molecule has 0 bridgehead atoms. The Balaban J connectivity index is 1.76. The van der Waals surface area contributed by atoms with Crippen LogP contribution in [0.4, 0.5) is 5.69 Å². The van der Waals surface area contributed by atoms with Crippen LogP contribution in [-0.2, 0) is 14.8 Å². The van der Waals surface area contributed by atoms with E-state index in [0.29, 0.717) is 10.6 Å². The number of hydrogen-bond acceptors (Lipinski definition) is 5. The van der Waals surface area contributed by atoms with E-state index >= 15 is 0 Å². The Morgan fingerprint density at radius 2 is 1.69 bits per heavy atom. The van der Waals surface area contributed by atoms with E-state index in [2.05, 4.69) is 15.9 Å². The zero-order valence-electron chi connectivity index (χ0n) is 16.2. The highest BCUT2D eigenvalue weighted by Gasteiger charge is 2.43. The number of hydrogen-bond donors (Lipinski definition) is 0. The molecule has 0 radical (unpaired) electrons. The van der Waals surface area contributed by atoms with E-state index in [4.69, 9.17) is 27.9 Å². The standard InChI is InChI=1S/C21H15BrCl2N2O5S/c22-14-3-1-13(2-4-14)20-12-25(21(31-20)18-10-5-15(23)11-19(18)24)32(29,30)17-8-6-16(7-9-17)26(27)28/h1-11,20-21H,12H2/t20-,21-/m1/s1. The maximum absolute atomic E-state index is 13.5. The zero-order chi connectivity index (χ0) is 23.0. The number of rotatable bonds is 5. The highest BCUT2D eigenvalue weighted by molar-refractivity contribution is 9.10. The van der Waals surface area contributed by atoms with Crippen LogP contribution in [0.1, 0.15) is 23.5 Å². The quantitative estimate of drug-likeness (QED) is 0.278. The fraction of sp³-hybridized carbons (Fsp3) is 0.143. The second kappa shape index (κ2) is 9.09. The zero-order valence-corrected chi connectivity index (χ0v) is 20.1. The first-order valence-electron chi connectivity index (χ1n) is 9.29. The molecule has 166 valence electrons. The van der Waals surface area contributed by atoms with Gasteiger partial charge in [-0.05, 0) is 42.0 Å². The lowest BCUT2D eigenvalue weighted by atomic mass is 10.1. The van der Waals surface area contributed by atoms with Gasteiger partial charge in [0.15, 0.2) is 6.23 Å². The molecule has 4 rings (SSSR count). The van der Waals surface area contributed by atoms with E-state index in [9.17, 15) is 18.5 Å². The molecule has 1 saturated heterocycles. The SMILES string of the molecule is O=[N+]([O-])c1ccc(S(=O)(=O)N2C[C@H](c3ccc(Br)cc3)O[C@@H]2c2ccc(Cl)cc2Cl)cc1. The lowest BCUT2D eigenvalue weighted by Gasteiger charge is -2.23. The third kappa shape index (κ3) is 4.54. The number of ether oxygens (including phenoxy) is 1. The first-order chi connectivity index (χ1) is 15.2. The van der Waals surface area contributed by atoms with E-state index in [1.165, 1.54) is 22.5 Å². The van der Waals surface area contributed by atoms with Gasteiger partial charge in [0.05, 0.1) is 15.9 Å². The summed E-state index contributed by atoms with van der Waals surface area (Å²) in [6, 6.07) is 16.8. The molecule has 11 heteroatoms. The first-order valence-corrected chi connectivity index (χ1v) is 12.3. The number of non-ortho nitro benzene ring substituents is 1. The molecule has 3 aromatic carbocycles. The largest absolute Gasteiger partial charge is 0.348 e. The van der Waals surface area contributed by atoms with Crippen molar-refractivity contribution < 1.29 is 18.1 Å². The predicted molar refractivity (Wildman–Crippen MR) is 124 cm³/mol. The van der Waals surface area contributed by atoms with Crippen LogP contribution in [0.5, 0.6) is 0 Å². The van der Waals surface area contributed by atoms with Crippen molar-refractivity contribution in [3.63, 3.8) is 0 Å². The van der Waals surface area contributed by atoms with Crippen molar-refractivity contribution >= 4 is 54.8 Å².